The molecule has 0 atom stereocenters. The lowest BCUT2D eigenvalue weighted by Gasteiger charge is -2.29. The molecule has 0 radical (unpaired) electrons. The topological polar surface area (TPSA) is 16.4 Å². The third kappa shape index (κ3) is 5.96. The summed E-state index contributed by atoms with van der Waals surface area (Å²) in [6.45, 7) is 0. The number of hydrogen-bond donors (Lipinski definition) is 0. The molecular formula is C60H39NO. The number of para-hydroxylation sites is 1. The molecule has 0 N–H and O–H groups in total. The molecule has 0 amide bonds. The van der Waals surface area contributed by atoms with Gasteiger partial charge in [0, 0.05) is 22.0 Å². The second-order valence-corrected chi connectivity index (χ2v) is 16.0. The fraction of sp³-hybridized carbons (Fsp3) is 0. The van der Waals surface area contributed by atoms with Gasteiger partial charge in [0.2, 0.25) is 0 Å². The van der Waals surface area contributed by atoms with E-state index in [9.17, 15) is 0 Å². The first-order valence-electron chi connectivity index (χ1n) is 21.3. The zero-order valence-electron chi connectivity index (χ0n) is 33.9. The molecule has 0 unspecified atom stereocenters. The monoisotopic (exact) mass is 789 g/mol. The molecule has 1 aromatic heterocycles. The number of furan rings is 1. The minimum atomic E-state index is 0.857. The van der Waals surface area contributed by atoms with Gasteiger partial charge in [0.1, 0.15) is 11.2 Å². The van der Waals surface area contributed by atoms with Crippen molar-refractivity contribution in [2.24, 2.45) is 0 Å². The van der Waals surface area contributed by atoms with Crippen LogP contribution in [0.15, 0.2) is 241 Å². The quantitative estimate of drug-likeness (QED) is 0.160. The van der Waals surface area contributed by atoms with Crippen molar-refractivity contribution in [2.45, 2.75) is 0 Å². The SMILES string of the molecule is c1ccc(-c2ccc(N(c3ccc(-c4ccc5ccccc5c4)c4ccccc34)c3ccc(-c4cccc5cccc(-c6ccccc6)c45)c4oc5ccccc5c34)cc2)cc1. The van der Waals surface area contributed by atoms with Crippen LogP contribution in [0.2, 0.25) is 0 Å². The van der Waals surface area contributed by atoms with Gasteiger partial charge >= 0.3 is 0 Å². The van der Waals surface area contributed by atoms with Crippen LogP contribution in [0.1, 0.15) is 0 Å². The molecule has 0 aliphatic carbocycles. The van der Waals surface area contributed by atoms with Gasteiger partial charge in [0.05, 0.1) is 16.8 Å². The lowest BCUT2D eigenvalue weighted by molar-refractivity contribution is 0.670. The summed E-state index contributed by atoms with van der Waals surface area (Å²) < 4.78 is 7.04. The van der Waals surface area contributed by atoms with Gasteiger partial charge < -0.3 is 9.32 Å². The number of fused-ring (bicyclic) bond motifs is 6. The molecule has 0 fully saturated rings. The fourth-order valence-electron chi connectivity index (χ4n) is 9.56. The summed E-state index contributed by atoms with van der Waals surface area (Å²) in [6, 6.07) is 85.4. The lowest BCUT2D eigenvalue weighted by atomic mass is 9.90. The summed E-state index contributed by atoms with van der Waals surface area (Å²) in [5.41, 5.74) is 14.3. The molecule has 0 bridgehead atoms. The van der Waals surface area contributed by atoms with E-state index in [1.807, 2.05) is 0 Å². The fourth-order valence-corrected chi connectivity index (χ4v) is 9.56. The van der Waals surface area contributed by atoms with Gasteiger partial charge in [-0.25, -0.2) is 0 Å². The highest BCUT2D eigenvalue weighted by molar-refractivity contribution is 6.20. The third-order valence-corrected chi connectivity index (χ3v) is 12.5. The van der Waals surface area contributed by atoms with E-state index in [-0.39, 0.29) is 0 Å². The molecule has 0 saturated carbocycles. The molecule has 11 aromatic carbocycles. The highest BCUT2D eigenvalue weighted by Crippen LogP contribution is 2.50. The van der Waals surface area contributed by atoms with Crippen LogP contribution in [0.5, 0.6) is 0 Å². The van der Waals surface area contributed by atoms with Crippen LogP contribution in [-0.4, -0.2) is 0 Å². The minimum absolute atomic E-state index is 0.857. The summed E-state index contributed by atoms with van der Waals surface area (Å²) in [6.07, 6.45) is 0. The van der Waals surface area contributed by atoms with Crippen LogP contribution in [0.25, 0.3) is 98.8 Å². The van der Waals surface area contributed by atoms with E-state index >= 15 is 0 Å². The molecule has 0 spiro atoms. The van der Waals surface area contributed by atoms with Gasteiger partial charge in [0.25, 0.3) is 0 Å². The molecule has 0 aliphatic rings. The van der Waals surface area contributed by atoms with Crippen LogP contribution in [0.3, 0.4) is 0 Å². The molecule has 2 heteroatoms. The molecule has 0 aliphatic heterocycles. The van der Waals surface area contributed by atoms with Crippen molar-refractivity contribution in [3.05, 3.63) is 237 Å². The van der Waals surface area contributed by atoms with Gasteiger partial charge in [0.15, 0.2) is 0 Å². The zero-order valence-corrected chi connectivity index (χ0v) is 33.9. The van der Waals surface area contributed by atoms with Crippen LogP contribution in [-0.2, 0) is 0 Å². The smallest absolute Gasteiger partial charge is 0.145 e. The minimum Gasteiger partial charge on any atom is -0.455 e. The van der Waals surface area contributed by atoms with Gasteiger partial charge in [-0.2, -0.15) is 0 Å². The zero-order chi connectivity index (χ0) is 41.0. The Labute approximate surface area is 360 Å². The Morgan fingerprint density at radius 3 is 1.66 bits per heavy atom. The van der Waals surface area contributed by atoms with E-state index in [0.717, 1.165) is 55.5 Å². The highest BCUT2D eigenvalue weighted by Gasteiger charge is 2.25. The third-order valence-electron chi connectivity index (χ3n) is 12.5. The molecule has 12 aromatic rings. The first-order chi connectivity index (χ1) is 30.8. The number of hydrogen-bond acceptors (Lipinski definition) is 2. The predicted molar refractivity (Wildman–Crippen MR) is 263 cm³/mol. The Kier molecular flexibility index (Phi) is 8.53. The summed E-state index contributed by atoms with van der Waals surface area (Å²) >= 11 is 0. The van der Waals surface area contributed by atoms with Crippen molar-refractivity contribution < 1.29 is 4.42 Å². The molecule has 290 valence electrons. The van der Waals surface area contributed by atoms with Crippen LogP contribution < -0.4 is 4.90 Å². The maximum atomic E-state index is 7.04. The Morgan fingerprint density at radius 1 is 0.290 bits per heavy atom. The van der Waals surface area contributed by atoms with E-state index in [2.05, 4.69) is 241 Å². The van der Waals surface area contributed by atoms with Crippen molar-refractivity contribution in [1.82, 2.24) is 0 Å². The lowest BCUT2D eigenvalue weighted by Crippen LogP contribution is -2.11. The van der Waals surface area contributed by atoms with Crippen LogP contribution in [0.4, 0.5) is 17.1 Å². The number of rotatable bonds is 7. The summed E-state index contributed by atoms with van der Waals surface area (Å²) in [7, 11) is 0. The Balaban J connectivity index is 1.12. The Morgan fingerprint density at radius 2 is 0.871 bits per heavy atom. The molecule has 1 heterocycles. The Bertz CT molecular complexity index is 3620. The molecular weight excluding hydrogens is 751 g/mol. The van der Waals surface area contributed by atoms with Crippen molar-refractivity contribution in [3.63, 3.8) is 0 Å². The second kappa shape index (κ2) is 14.8. The standard InChI is InChI=1S/C60H39NO/c1-3-15-40(16-4-1)42-31-33-47(34-32-42)61(55-37-35-48(50-23-9-10-24-51(50)55)46-30-29-41-17-7-8-20-45(41)39-46)56-38-36-53(60-59(56)54-25-11-12-28-57(54)62-60)52-27-14-22-44-21-13-26-49(58(44)52)43-18-5-2-6-19-43/h1-39H. The van der Waals surface area contributed by atoms with E-state index in [0.29, 0.717) is 0 Å². The summed E-state index contributed by atoms with van der Waals surface area (Å²) in [5, 5.41) is 9.37. The first kappa shape index (κ1) is 35.7. The largest absolute Gasteiger partial charge is 0.455 e. The normalized spacial score (nSPS) is 11.5. The summed E-state index contributed by atoms with van der Waals surface area (Å²) in [4.78, 5) is 2.44. The van der Waals surface area contributed by atoms with Gasteiger partial charge in [-0.3, -0.25) is 0 Å². The highest BCUT2D eigenvalue weighted by atomic mass is 16.3. The van der Waals surface area contributed by atoms with E-state index < -0.39 is 0 Å². The van der Waals surface area contributed by atoms with Crippen molar-refractivity contribution in [2.75, 3.05) is 4.90 Å². The van der Waals surface area contributed by atoms with E-state index in [1.165, 1.54) is 60.3 Å². The van der Waals surface area contributed by atoms with Crippen molar-refractivity contribution in [3.8, 4) is 44.5 Å². The predicted octanol–water partition coefficient (Wildman–Crippen LogP) is 17.2. The number of anilines is 3. The maximum absolute atomic E-state index is 7.04. The van der Waals surface area contributed by atoms with Crippen LogP contribution >= 0.6 is 0 Å². The van der Waals surface area contributed by atoms with Gasteiger partial charge in [-0.05, 0) is 108 Å². The van der Waals surface area contributed by atoms with Crippen molar-refractivity contribution in [1.29, 1.82) is 0 Å². The molecule has 62 heavy (non-hydrogen) atoms. The van der Waals surface area contributed by atoms with Gasteiger partial charge in [-0.15, -0.1) is 0 Å². The molecule has 2 nitrogen and oxygen atoms in total. The number of nitrogens with zero attached hydrogens (tertiary/aromatic N) is 1. The molecule has 12 rings (SSSR count). The maximum Gasteiger partial charge on any atom is 0.145 e. The van der Waals surface area contributed by atoms with Crippen LogP contribution in [0, 0.1) is 0 Å². The van der Waals surface area contributed by atoms with E-state index in [4.69, 9.17) is 4.42 Å². The Hall–Kier alpha value is -8.20. The average molecular weight is 790 g/mol. The number of benzene rings is 11. The van der Waals surface area contributed by atoms with E-state index in [1.54, 1.807) is 0 Å². The summed E-state index contributed by atoms with van der Waals surface area (Å²) in [5.74, 6) is 0. The van der Waals surface area contributed by atoms with Crippen molar-refractivity contribution >= 4 is 71.3 Å². The first-order valence-corrected chi connectivity index (χ1v) is 21.3. The van der Waals surface area contributed by atoms with Gasteiger partial charge in [-0.1, -0.05) is 194 Å². The average Bonchev–Trinajstić information content (AvgIpc) is 3.74. The molecule has 0 saturated heterocycles. The second-order valence-electron chi connectivity index (χ2n) is 16.0.